The van der Waals surface area contributed by atoms with Crippen molar-refractivity contribution in [2.45, 2.75) is 39.4 Å². The lowest BCUT2D eigenvalue weighted by Crippen LogP contribution is -2.26. The summed E-state index contributed by atoms with van der Waals surface area (Å²) in [6.07, 6.45) is 0.422. The van der Waals surface area contributed by atoms with Crippen LogP contribution < -0.4 is 0 Å². The van der Waals surface area contributed by atoms with Crippen LogP contribution in [0.5, 0.6) is 0 Å². The minimum absolute atomic E-state index is 0.0193. The second-order valence-corrected chi connectivity index (χ2v) is 7.03. The number of halogens is 2. The third-order valence-electron chi connectivity index (χ3n) is 3.19. The number of aromatic amines is 1. The molecule has 0 saturated carbocycles. The highest BCUT2D eigenvalue weighted by Crippen LogP contribution is 2.30. The van der Waals surface area contributed by atoms with Gasteiger partial charge in [-0.3, -0.25) is 14.9 Å². The van der Waals surface area contributed by atoms with Crippen molar-refractivity contribution in [1.29, 1.82) is 0 Å². The van der Waals surface area contributed by atoms with Crippen molar-refractivity contribution in [1.82, 2.24) is 20.2 Å². The molecular weight excluding hydrogens is 383 g/mol. The summed E-state index contributed by atoms with van der Waals surface area (Å²) in [5, 5.41) is 16.8. The molecule has 0 aromatic carbocycles. The maximum atomic E-state index is 13.3. The van der Waals surface area contributed by atoms with E-state index >= 15 is 0 Å². The first-order chi connectivity index (χ1) is 11.2. The number of aromatic nitrogens is 4. The Labute approximate surface area is 146 Å². The molecule has 2 rings (SSSR count). The van der Waals surface area contributed by atoms with Crippen LogP contribution in [0.3, 0.4) is 0 Å². The zero-order valence-electron chi connectivity index (χ0n) is 13.5. The van der Waals surface area contributed by atoms with Crippen LogP contribution in [0.4, 0.5) is 4.39 Å². The summed E-state index contributed by atoms with van der Waals surface area (Å²) in [6, 6.07) is 1.18. The smallest absolute Gasteiger partial charge is 0.311 e. The average Bonchev–Trinajstić information content (AvgIpc) is 2.92. The van der Waals surface area contributed by atoms with E-state index < -0.39 is 29.4 Å². The van der Waals surface area contributed by atoms with Crippen LogP contribution in [-0.4, -0.2) is 31.2 Å². The van der Waals surface area contributed by atoms with Gasteiger partial charge in [0.25, 0.3) is 0 Å². The standard InChI is InChI=1S/C15H18BrFN4O3/c1-15(2,3)13(23)24-11(12-19-14(16)21-20-12)5-10(22)8-4-9(17)7-18-6-8/h4,6-7,10-11,22H,5H2,1-3H3,(H,19,20,21). The lowest BCUT2D eigenvalue weighted by Gasteiger charge is -2.23. The van der Waals surface area contributed by atoms with Crippen molar-refractivity contribution in [3.05, 3.63) is 40.4 Å². The van der Waals surface area contributed by atoms with Crippen LogP contribution in [0.25, 0.3) is 0 Å². The van der Waals surface area contributed by atoms with Gasteiger partial charge in [0.2, 0.25) is 4.73 Å². The van der Waals surface area contributed by atoms with Crippen molar-refractivity contribution >= 4 is 21.9 Å². The van der Waals surface area contributed by atoms with Gasteiger partial charge < -0.3 is 9.84 Å². The van der Waals surface area contributed by atoms with Crippen LogP contribution in [-0.2, 0) is 9.53 Å². The molecule has 0 spiro atoms. The summed E-state index contributed by atoms with van der Waals surface area (Å²) in [5.74, 6) is -0.732. The number of esters is 1. The Balaban J connectivity index is 2.21. The van der Waals surface area contributed by atoms with E-state index in [1.54, 1.807) is 20.8 Å². The highest BCUT2D eigenvalue weighted by molar-refractivity contribution is 9.10. The number of pyridine rings is 1. The topological polar surface area (TPSA) is 101 Å². The van der Waals surface area contributed by atoms with E-state index in [0.717, 1.165) is 6.20 Å². The Morgan fingerprint density at radius 1 is 1.46 bits per heavy atom. The molecule has 0 fully saturated rings. The minimum Gasteiger partial charge on any atom is -0.454 e. The van der Waals surface area contributed by atoms with Crippen molar-refractivity contribution in [2.75, 3.05) is 0 Å². The highest BCUT2D eigenvalue weighted by atomic mass is 79.9. The van der Waals surface area contributed by atoms with Gasteiger partial charge in [-0.1, -0.05) is 0 Å². The molecule has 2 aromatic rings. The van der Waals surface area contributed by atoms with Gasteiger partial charge in [0, 0.05) is 18.2 Å². The quantitative estimate of drug-likeness (QED) is 0.748. The summed E-state index contributed by atoms with van der Waals surface area (Å²) in [6.45, 7) is 5.15. The predicted octanol–water partition coefficient (Wildman–Crippen LogP) is 2.86. The molecule has 0 saturated heterocycles. The van der Waals surface area contributed by atoms with E-state index in [0.29, 0.717) is 4.73 Å². The molecule has 0 aliphatic carbocycles. The van der Waals surface area contributed by atoms with Gasteiger partial charge in [0.05, 0.1) is 17.7 Å². The number of carbonyl (C=O) groups excluding carboxylic acids is 1. The van der Waals surface area contributed by atoms with Gasteiger partial charge in [-0.25, -0.2) is 9.37 Å². The van der Waals surface area contributed by atoms with E-state index in [1.807, 2.05) is 0 Å². The Morgan fingerprint density at radius 2 is 2.17 bits per heavy atom. The minimum atomic E-state index is -1.09. The molecule has 2 unspecified atom stereocenters. The number of hydrogen-bond acceptors (Lipinski definition) is 6. The van der Waals surface area contributed by atoms with Crippen molar-refractivity contribution in [2.24, 2.45) is 5.41 Å². The number of nitrogens with one attached hydrogen (secondary N) is 1. The SMILES string of the molecule is CC(C)(C)C(=O)OC(CC(O)c1cncc(F)c1)c1nc(Br)n[nH]1. The Hall–Kier alpha value is -1.87. The van der Waals surface area contributed by atoms with E-state index in [-0.39, 0.29) is 17.8 Å². The molecule has 9 heteroatoms. The maximum Gasteiger partial charge on any atom is 0.311 e. The van der Waals surface area contributed by atoms with Gasteiger partial charge >= 0.3 is 5.97 Å². The molecule has 0 aliphatic rings. The Bertz CT molecular complexity index is 717. The molecule has 7 nitrogen and oxygen atoms in total. The predicted molar refractivity (Wildman–Crippen MR) is 86.1 cm³/mol. The first-order valence-corrected chi connectivity index (χ1v) is 8.03. The molecule has 130 valence electrons. The second-order valence-electron chi connectivity index (χ2n) is 6.32. The number of hydrogen-bond donors (Lipinski definition) is 2. The fourth-order valence-corrected chi connectivity index (χ4v) is 2.15. The molecule has 2 aromatic heterocycles. The van der Waals surface area contributed by atoms with E-state index in [1.165, 1.54) is 12.3 Å². The number of H-pyrrole nitrogens is 1. The first-order valence-electron chi connectivity index (χ1n) is 7.24. The Kier molecular flexibility index (Phi) is 5.66. The van der Waals surface area contributed by atoms with Crippen LogP contribution in [0.2, 0.25) is 0 Å². The molecule has 0 amide bonds. The number of rotatable bonds is 5. The fourth-order valence-electron chi connectivity index (χ4n) is 1.87. The van der Waals surface area contributed by atoms with E-state index in [9.17, 15) is 14.3 Å². The summed E-state index contributed by atoms with van der Waals surface area (Å²) in [7, 11) is 0. The average molecular weight is 401 g/mol. The van der Waals surface area contributed by atoms with Crippen molar-refractivity contribution < 1.29 is 19.0 Å². The number of aliphatic hydroxyl groups is 1. The van der Waals surface area contributed by atoms with Crippen LogP contribution in [0.15, 0.2) is 23.2 Å². The third kappa shape index (κ3) is 4.81. The lowest BCUT2D eigenvalue weighted by molar-refractivity contribution is -0.161. The van der Waals surface area contributed by atoms with E-state index in [2.05, 4.69) is 36.1 Å². The van der Waals surface area contributed by atoms with Gasteiger partial charge in [0.15, 0.2) is 11.9 Å². The van der Waals surface area contributed by atoms with Crippen molar-refractivity contribution in [3.8, 4) is 0 Å². The molecule has 2 atom stereocenters. The maximum absolute atomic E-state index is 13.3. The largest absolute Gasteiger partial charge is 0.454 e. The Morgan fingerprint density at radius 3 is 2.71 bits per heavy atom. The van der Waals surface area contributed by atoms with Gasteiger partial charge in [-0.05, 0) is 42.8 Å². The number of carbonyl (C=O) groups is 1. The molecule has 2 N–H and O–H groups in total. The molecule has 24 heavy (non-hydrogen) atoms. The lowest BCUT2D eigenvalue weighted by atomic mass is 9.97. The second kappa shape index (κ2) is 7.35. The zero-order chi connectivity index (χ0) is 17.9. The van der Waals surface area contributed by atoms with Gasteiger partial charge in [0.1, 0.15) is 5.82 Å². The fraction of sp³-hybridized carbons (Fsp3) is 0.467. The summed E-state index contributed by atoms with van der Waals surface area (Å²) >= 11 is 3.11. The van der Waals surface area contributed by atoms with Gasteiger partial charge in [-0.15, -0.1) is 5.10 Å². The van der Waals surface area contributed by atoms with Crippen molar-refractivity contribution in [3.63, 3.8) is 0 Å². The molecule has 0 bridgehead atoms. The van der Waals surface area contributed by atoms with Crippen LogP contribution in [0, 0.1) is 11.2 Å². The first kappa shape index (κ1) is 18.5. The zero-order valence-corrected chi connectivity index (χ0v) is 15.0. The summed E-state index contributed by atoms with van der Waals surface area (Å²) in [4.78, 5) is 20.0. The van der Waals surface area contributed by atoms with Gasteiger partial charge in [-0.2, -0.15) is 0 Å². The number of nitrogens with zero attached hydrogens (tertiary/aromatic N) is 3. The highest BCUT2D eigenvalue weighted by Gasteiger charge is 2.30. The van der Waals surface area contributed by atoms with Crippen LogP contribution >= 0.6 is 15.9 Å². The molecule has 2 heterocycles. The summed E-state index contributed by atoms with van der Waals surface area (Å²) in [5.41, 5.74) is -0.439. The number of aliphatic hydroxyl groups excluding tert-OH is 1. The molecule has 0 radical (unpaired) electrons. The molecule has 0 aliphatic heterocycles. The summed E-state index contributed by atoms with van der Waals surface area (Å²) < 4.78 is 19.0. The van der Waals surface area contributed by atoms with E-state index in [4.69, 9.17) is 4.74 Å². The third-order valence-corrected chi connectivity index (χ3v) is 3.54. The normalized spacial score (nSPS) is 14.2. The van der Waals surface area contributed by atoms with Crippen LogP contribution in [0.1, 0.15) is 50.8 Å². The monoisotopic (exact) mass is 400 g/mol. The molecular formula is C15H18BrFN4O3. The number of ether oxygens (including phenoxy) is 1.